The Balaban J connectivity index is 1.63. The van der Waals surface area contributed by atoms with Crippen LogP contribution in [0.2, 0.25) is 0 Å². The summed E-state index contributed by atoms with van der Waals surface area (Å²) in [6.45, 7) is 1.88. The van der Waals surface area contributed by atoms with Gasteiger partial charge in [-0.3, -0.25) is 9.10 Å². The van der Waals surface area contributed by atoms with Crippen LogP contribution in [0.1, 0.15) is 22.8 Å². The summed E-state index contributed by atoms with van der Waals surface area (Å²) in [6, 6.07) is 20.6. The van der Waals surface area contributed by atoms with Crippen molar-refractivity contribution < 1.29 is 17.9 Å². The lowest BCUT2D eigenvalue weighted by molar-refractivity contribution is 0.0993. The highest BCUT2D eigenvalue weighted by atomic mass is 32.2. The molecule has 0 N–H and O–H groups in total. The molecular weight excluding hydrogens is 412 g/mol. The summed E-state index contributed by atoms with van der Waals surface area (Å²) in [7, 11) is -0.366. The highest BCUT2D eigenvalue weighted by Gasteiger charge is 2.36. The molecule has 1 aliphatic heterocycles. The van der Waals surface area contributed by atoms with E-state index < -0.39 is 10.0 Å². The molecule has 0 aromatic heterocycles. The lowest BCUT2D eigenvalue weighted by atomic mass is 10.1. The van der Waals surface area contributed by atoms with Crippen LogP contribution < -0.4 is 13.9 Å². The molecule has 3 aromatic carbocycles. The molecule has 1 amide bonds. The fourth-order valence-corrected chi connectivity index (χ4v) is 5.64. The summed E-state index contributed by atoms with van der Waals surface area (Å²) in [5, 5.41) is 0. The lowest BCUT2D eigenvalue weighted by Gasteiger charge is -2.24. The molecule has 0 radical (unpaired) electrons. The largest absolute Gasteiger partial charge is 0.497 e. The van der Waals surface area contributed by atoms with Crippen molar-refractivity contribution in [3.05, 3.63) is 83.9 Å². The summed E-state index contributed by atoms with van der Waals surface area (Å²) < 4.78 is 33.0. The SMILES string of the molecule is COc1ccc(N(C)C(=O)c2ccc3c(c2)C[C@H](C)N3S(=O)(=O)c2ccccc2)cc1. The first kappa shape index (κ1) is 20.9. The zero-order valence-corrected chi connectivity index (χ0v) is 18.5. The Morgan fingerprint density at radius 2 is 1.71 bits per heavy atom. The van der Waals surface area contributed by atoms with Crippen LogP contribution in [0, 0.1) is 0 Å². The number of ether oxygens (including phenoxy) is 1. The molecule has 0 spiro atoms. The predicted octanol–water partition coefficient (Wildman–Crippen LogP) is 4.11. The van der Waals surface area contributed by atoms with Crippen LogP contribution in [-0.4, -0.2) is 34.5 Å². The molecule has 0 saturated carbocycles. The quantitative estimate of drug-likeness (QED) is 0.604. The van der Waals surface area contributed by atoms with Crippen molar-refractivity contribution in [1.29, 1.82) is 0 Å². The molecule has 0 fully saturated rings. The first-order chi connectivity index (χ1) is 14.8. The second-order valence-corrected chi connectivity index (χ2v) is 9.39. The van der Waals surface area contributed by atoms with Gasteiger partial charge in [-0.2, -0.15) is 0 Å². The summed E-state index contributed by atoms with van der Waals surface area (Å²) in [5.41, 5.74) is 2.73. The zero-order valence-electron chi connectivity index (χ0n) is 17.6. The van der Waals surface area contributed by atoms with Gasteiger partial charge in [-0.15, -0.1) is 0 Å². The van der Waals surface area contributed by atoms with E-state index in [0.29, 0.717) is 17.7 Å². The molecule has 4 rings (SSSR count). The average molecular weight is 437 g/mol. The molecule has 7 heteroatoms. The van der Waals surface area contributed by atoms with Gasteiger partial charge in [0.15, 0.2) is 0 Å². The van der Waals surface area contributed by atoms with Gasteiger partial charge in [0.05, 0.1) is 17.7 Å². The van der Waals surface area contributed by atoms with Crippen molar-refractivity contribution in [1.82, 2.24) is 0 Å². The number of methoxy groups -OCH3 is 1. The Morgan fingerprint density at radius 1 is 1.03 bits per heavy atom. The van der Waals surface area contributed by atoms with Crippen molar-refractivity contribution in [2.45, 2.75) is 24.3 Å². The summed E-state index contributed by atoms with van der Waals surface area (Å²) in [6.07, 6.45) is 0.550. The molecule has 0 bridgehead atoms. The molecule has 1 aliphatic rings. The van der Waals surface area contributed by atoms with Crippen LogP contribution in [-0.2, 0) is 16.4 Å². The third kappa shape index (κ3) is 3.77. The van der Waals surface area contributed by atoms with Crippen molar-refractivity contribution in [3.8, 4) is 5.75 Å². The van der Waals surface area contributed by atoms with Gasteiger partial charge in [-0.05, 0) is 73.5 Å². The Kier molecular flexibility index (Phi) is 5.45. The lowest BCUT2D eigenvalue weighted by Crippen LogP contribution is -2.35. The number of hydrogen-bond donors (Lipinski definition) is 0. The summed E-state index contributed by atoms with van der Waals surface area (Å²) in [5.74, 6) is 0.556. The van der Waals surface area contributed by atoms with E-state index in [9.17, 15) is 13.2 Å². The number of benzene rings is 3. The van der Waals surface area contributed by atoms with E-state index in [1.807, 2.05) is 19.1 Å². The van der Waals surface area contributed by atoms with E-state index in [4.69, 9.17) is 4.74 Å². The van der Waals surface area contributed by atoms with Gasteiger partial charge in [-0.25, -0.2) is 8.42 Å². The minimum Gasteiger partial charge on any atom is -0.497 e. The molecule has 0 aliphatic carbocycles. The van der Waals surface area contributed by atoms with Gasteiger partial charge in [0, 0.05) is 24.3 Å². The third-order valence-electron chi connectivity index (χ3n) is 5.54. The topological polar surface area (TPSA) is 66.9 Å². The van der Waals surface area contributed by atoms with E-state index in [1.165, 1.54) is 4.31 Å². The molecule has 31 heavy (non-hydrogen) atoms. The second-order valence-electron chi connectivity index (χ2n) is 7.57. The molecule has 160 valence electrons. The number of hydrogen-bond acceptors (Lipinski definition) is 4. The van der Waals surface area contributed by atoms with Crippen molar-refractivity contribution >= 4 is 27.3 Å². The van der Waals surface area contributed by atoms with Gasteiger partial charge in [0.2, 0.25) is 0 Å². The molecule has 6 nitrogen and oxygen atoms in total. The average Bonchev–Trinajstić information content (AvgIpc) is 3.14. The Bertz CT molecular complexity index is 1210. The van der Waals surface area contributed by atoms with Gasteiger partial charge >= 0.3 is 0 Å². The van der Waals surface area contributed by atoms with Crippen LogP contribution in [0.3, 0.4) is 0 Å². The molecule has 0 saturated heterocycles. The van der Waals surface area contributed by atoms with Crippen LogP contribution in [0.15, 0.2) is 77.7 Å². The van der Waals surface area contributed by atoms with Crippen molar-refractivity contribution in [2.75, 3.05) is 23.4 Å². The maximum atomic E-state index is 13.2. The van der Waals surface area contributed by atoms with Crippen LogP contribution in [0.5, 0.6) is 5.75 Å². The maximum absolute atomic E-state index is 13.2. The number of rotatable bonds is 5. The predicted molar refractivity (Wildman–Crippen MR) is 121 cm³/mol. The minimum atomic E-state index is -3.67. The minimum absolute atomic E-state index is 0.162. The highest BCUT2D eigenvalue weighted by molar-refractivity contribution is 7.92. The van der Waals surface area contributed by atoms with E-state index in [0.717, 1.165) is 17.0 Å². The zero-order chi connectivity index (χ0) is 22.2. The number of nitrogens with zero attached hydrogens (tertiary/aromatic N) is 2. The molecule has 1 atom stereocenters. The van der Waals surface area contributed by atoms with Gasteiger partial charge in [-0.1, -0.05) is 18.2 Å². The first-order valence-electron chi connectivity index (χ1n) is 9.97. The number of sulfonamides is 1. The summed E-state index contributed by atoms with van der Waals surface area (Å²) >= 11 is 0. The molecule has 1 heterocycles. The Hall–Kier alpha value is -3.32. The second kappa shape index (κ2) is 8.07. The molecule has 0 unspecified atom stereocenters. The fourth-order valence-electron chi connectivity index (χ4n) is 3.92. The molecular formula is C24H24N2O4S. The standard InChI is InChI=1S/C24H24N2O4S/c1-17-15-19-16-18(24(27)25(2)20-10-12-21(30-3)13-11-20)9-14-23(19)26(17)31(28,29)22-7-5-4-6-8-22/h4-14,16-17H,15H2,1-3H3/t17-/m0/s1. The highest BCUT2D eigenvalue weighted by Crippen LogP contribution is 2.37. The number of anilines is 2. The third-order valence-corrected chi connectivity index (χ3v) is 7.49. The fraction of sp³-hybridized carbons (Fsp3) is 0.208. The van der Waals surface area contributed by atoms with Crippen molar-refractivity contribution in [2.24, 2.45) is 0 Å². The van der Waals surface area contributed by atoms with E-state index in [-0.39, 0.29) is 16.8 Å². The monoisotopic (exact) mass is 436 g/mol. The maximum Gasteiger partial charge on any atom is 0.264 e. The van der Waals surface area contributed by atoms with Crippen LogP contribution >= 0.6 is 0 Å². The van der Waals surface area contributed by atoms with E-state index in [1.54, 1.807) is 79.7 Å². The van der Waals surface area contributed by atoms with Crippen LogP contribution in [0.4, 0.5) is 11.4 Å². The van der Waals surface area contributed by atoms with Gasteiger partial charge in [0.25, 0.3) is 15.9 Å². The number of amides is 1. The Labute approximate surface area is 182 Å². The Morgan fingerprint density at radius 3 is 2.35 bits per heavy atom. The van der Waals surface area contributed by atoms with Gasteiger partial charge < -0.3 is 9.64 Å². The van der Waals surface area contributed by atoms with E-state index in [2.05, 4.69) is 0 Å². The number of carbonyl (C=O) groups excluding carboxylic acids is 1. The summed E-state index contributed by atoms with van der Waals surface area (Å²) in [4.78, 5) is 14.9. The first-order valence-corrected chi connectivity index (χ1v) is 11.4. The van der Waals surface area contributed by atoms with Gasteiger partial charge in [0.1, 0.15) is 5.75 Å². The number of fused-ring (bicyclic) bond motifs is 1. The smallest absolute Gasteiger partial charge is 0.264 e. The van der Waals surface area contributed by atoms with Crippen molar-refractivity contribution in [3.63, 3.8) is 0 Å². The molecule has 3 aromatic rings. The van der Waals surface area contributed by atoms with Crippen LogP contribution in [0.25, 0.3) is 0 Å². The van der Waals surface area contributed by atoms with E-state index >= 15 is 0 Å². The number of carbonyl (C=O) groups is 1. The normalized spacial score (nSPS) is 15.5.